The molecule has 0 aromatic heterocycles. The third-order valence-corrected chi connectivity index (χ3v) is 2.47. The van der Waals surface area contributed by atoms with E-state index in [1.165, 1.54) is 11.3 Å². The lowest BCUT2D eigenvalue weighted by molar-refractivity contribution is 0.303. The summed E-state index contributed by atoms with van der Waals surface area (Å²) in [6, 6.07) is 5.97. The van der Waals surface area contributed by atoms with Gasteiger partial charge in [-0.05, 0) is 30.2 Å². The van der Waals surface area contributed by atoms with Gasteiger partial charge in [0.15, 0.2) is 0 Å². The fourth-order valence-corrected chi connectivity index (χ4v) is 1.84. The summed E-state index contributed by atoms with van der Waals surface area (Å²) in [5.41, 5.74) is 9.03. The highest BCUT2D eigenvalue weighted by Crippen LogP contribution is 2.28. The molecule has 0 bridgehead atoms. The zero-order chi connectivity index (χ0) is 9.26. The monoisotopic (exact) mass is 178 g/mol. The average Bonchev–Trinajstić information content (AvgIpc) is 2.49. The number of hydrogen-bond acceptors (Lipinski definition) is 3. The van der Waals surface area contributed by atoms with Crippen LogP contribution in [0.3, 0.4) is 0 Å². The molecule has 0 unspecified atom stereocenters. The quantitative estimate of drug-likeness (QED) is 0.653. The van der Waals surface area contributed by atoms with Crippen LogP contribution in [0, 0.1) is 0 Å². The molecule has 3 heteroatoms. The molecule has 0 saturated heterocycles. The van der Waals surface area contributed by atoms with Gasteiger partial charge in [0.2, 0.25) is 0 Å². The predicted molar refractivity (Wildman–Crippen MR) is 53.9 cm³/mol. The molecule has 1 aromatic carbocycles. The highest BCUT2D eigenvalue weighted by molar-refractivity contribution is 5.62. The minimum Gasteiger partial charge on any atom is -0.399 e. The first-order chi connectivity index (χ1) is 6.31. The fourth-order valence-electron chi connectivity index (χ4n) is 1.84. The molecule has 70 valence electrons. The minimum absolute atomic E-state index is 0.212. The van der Waals surface area contributed by atoms with Crippen LogP contribution in [-0.2, 0) is 6.42 Å². The molecule has 1 aliphatic rings. The standard InChI is InChI=1S/C10H14N2O/c11-9-1-2-10-8(7-9)3-4-12(10)5-6-13/h1-2,7,13H,3-6,11H2. The van der Waals surface area contributed by atoms with Crippen molar-refractivity contribution < 1.29 is 5.11 Å². The summed E-state index contributed by atoms with van der Waals surface area (Å²) in [6.07, 6.45) is 1.04. The fraction of sp³-hybridized carbons (Fsp3) is 0.400. The Bertz CT molecular complexity index is 312. The molecule has 1 aliphatic heterocycles. The van der Waals surface area contributed by atoms with Crippen LogP contribution >= 0.6 is 0 Å². The van der Waals surface area contributed by atoms with Crippen molar-refractivity contribution in [3.63, 3.8) is 0 Å². The Hall–Kier alpha value is -1.22. The minimum atomic E-state index is 0.212. The van der Waals surface area contributed by atoms with Gasteiger partial charge >= 0.3 is 0 Å². The number of fused-ring (bicyclic) bond motifs is 1. The first kappa shape index (κ1) is 8.38. The zero-order valence-corrected chi connectivity index (χ0v) is 7.53. The van der Waals surface area contributed by atoms with Gasteiger partial charge in [-0.3, -0.25) is 0 Å². The molecule has 2 rings (SSSR count). The van der Waals surface area contributed by atoms with Crippen LogP contribution in [-0.4, -0.2) is 24.8 Å². The summed E-state index contributed by atoms with van der Waals surface area (Å²) in [4.78, 5) is 2.19. The molecule has 0 radical (unpaired) electrons. The first-order valence-corrected chi connectivity index (χ1v) is 4.55. The number of nitrogen functional groups attached to an aromatic ring is 1. The van der Waals surface area contributed by atoms with Crippen molar-refractivity contribution in [3.8, 4) is 0 Å². The summed E-state index contributed by atoms with van der Waals surface area (Å²) >= 11 is 0. The van der Waals surface area contributed by atoms with Gasteiger partial charge in [0.1, 0.15) is 0 Å². The molecular formula is C10H14N2O. The number of β-amino-alcohol motifs (C(OH)–C–C–N with tert-alkyl or cyclic N) is 1. The average molecular weight is 178 g/mol. The molecule has 0 fully saturated rings. The number of anilines is 2. The Balaban J connectivity index is 2.27. The lowest BCUT2D eigenvalue weighted by Gasteiger charge is -2.17. The van der Waals surface area contributed by atoms with E-state index in [-0.39, 0.29) is 6.61 Å². The van der Waals surface area contributed by atoms with Crippen molar-refractivity contribution in [3.05, 3.63) is 23.8 Å². The number of hydrogen-bond donors (Lipinski definition) is 2. The number of aliphatic hydroxyl groups is 1. The van der Waals surface area contributed by atoms with Gasteiger partial charge in [-0.25, -0.2) is 0 Å². The molecule has 3 nitrogen and oxygen atoms in total. The molecule has 0 amide bonds. The maximum absolute atomic E-state index is 8.84. The highest BCUT2D eigenvalue weighted by atomic mass is 16.3. The Morgan fingerprint density at radius 2 is 2.31 bits per heavy atom. The second-order valence-corrected chi connectivity index (χ2v) is 3.35. The Kier molecular flexibility index (Phi) is 2.10. The van der Waals surface area contributed by atoms with E-state index in [0.717, 1.165) is 25.2 Å². The van der Waals surface area contributed by atoms with Crippen LogP contribution in [0.5, 0.6) is 0 Å². The van der Waals surface area contributed by atoms with Crippen molar-refractivity contribution >= 4 is 11.4 Å². The van der Waals surface area contributed by atoms with Gasteiger partial charge < -0.3 is 15.7 Å². The van der Waals surface area contributed by atoms with Gasteiger partial charge in [-0.1, -0.05) is 0 Å². The second-order valence-electron chi connectivity index (χ2n) is 3.35. The van der Waals surface area contributed by atoms with Gasteiger partial charge in [0.25, 0.3) is 0 Å². The summed E-state index contributed by atoms with van der Waals surface area (Å²) in [6.45, 7) is 1.93. The zero-order valence-electron chi connectivity index (χ0n) is 7.53. The number of nitrogens with two attached hydrogens (primary N) is 1. The van der Waals surface area contributed by atoms with Crippen molar-refractivity contribution in [2.75, 3.05) is 30.3 Å². The number of nitrogens with zero attached hydrogens (tertiary/aromatic N) is 1. The molecular weight excluding hydrogens is 164 g/mol. The highest BCUT2D eigenvalue weighted by Gasteiger charge is 2.17. The Labute approximate surface area is 77.8 Å². The van der Waals surface area contributed by atoms with Crippen LogP contribution in [0.1, 0.15) is 5.56 Å². The van der Waals surface area contributed by atoms with Crippen LogP contribution in [0.2, 0.25) is 0 Å². The van der Waals surface area contributed by atoms with E-state index < -0.39 is 0 Å². The van der Waals surface area contributed by atoms with Crippen molar-refractivity contribution in [1.82, 2.24) is 0 Å². The number of rotatable bonds is 2. The van der Waals surface area contributed by atoms with E-state index >= 15 is 0 Å². The Morgan fingerprint density at radius 3 is 3.08 bits per heavy atom. The second kappa shape index (κ2) is 3.26. The van der Waals surface area contributed by atoms with Crippen LogP contribution < -0.4 is 10.6 Å². The van der Waals surface area contributed by atoms with E-state index in [0.29, 0.717) is 0 Å². The maximum Gasteiger partial charge on any atom is 0.0606 e. The summed E-state index contributed by atoms with van der Waals surface area (Å²) in [7, 11) is 0. The SMILES string of the molecule is Nc1ccc2c(c1)CCN2CCO. The van der Waals surface area contributed by atoms with Gasteiger partial charge in [-0.15, -0.1) is 0 Å². The molecule has 0 saturated carbocycles. The molecule has 0 spiro atoms. The number of aliphatic hydroxyl groups excluding tert-OH is 1. The van der Waals surface area contributed by atoms with Crippen molar-refractivity contribution in [2.24, 2.45) is 0 Å². The lowest BCUT2D eigenvalue weighted by Crippen LogP contribution is -2.23. The third kappa shape index (κ3) is 1.47. The van der Waals surface area contributed by atoms with Gasteiger partial charge in [0, 0.05) is 24.5 Å². The smallest absolute Gasteiger partial charge is 0.0606 e. The van der Waals surface area contributed by atoms with Crippen LogP contribution in [0.4, 0.5) is 11.4 Å². The normalized spacial score (nSPS) is 14.7. The Morgan fingerprint density at radius 1 is 1.46 bits per heavy atom. The molecule has 13 heavy (non-hydrogen) atoms. The lowest BCUT2D eigenvalue weighted by atomic mass is 10.1. The van der Waals surface area contributed by atoms with E-state index in [1.54, 1.807) is 0 Å². The summed E-state index contributed by atoms with van der Waals surface area (Å²) in [5.74, 6) is 0. The largest absolute Gasteiger partial charge is 0.399 e. The van der Waals surface area contributed by atoms with Gasteiger partial charge in [0.05, 0.1) is 6.61 Å². The first-order valence-electron chi connectivity index (χ1n) is 4.55. The van der Waals surface area contributed by atoms with Crippen molar-refractivity contribution in [1.29, 1.82) is 0 Å². The third-order valence-electron chi connectivity index (χ3n) is 2.47. The van der Waals surface area contributed by atoms with Crippen molar-refractivity contribution in [2.45, 2.75) is 6.42 Å². The summed E-state index contributed by atoms with van der Waals surface area (Å²) < 4.78 is 0. The van der Waals surface area contributed by atoms with E-state index in [4.69, 9.17) is 10.8 Å². The molecule has 3 N–H and O–H groups in total. The van der Waals surface area contributed by atoms with Gasteiger partial charge in [-0.2, -0.15) is 0 Å². The molecule has 0 aliphatic carbocycles. The molecule has 1 aromatic rings. The summed E-state index contributed by atoms with van der Waals surface area (Å²) in [5, 5.41) is 8.84. The molecule has 1 heterocycles. The van der Waals surface area contributed by atoms with E-state index in [1.807, 2.05) is 18.2 Å². The maximum atomic E-state index is 8.84. The van der Waals surface area contributed by atoms with E-state index in [9.17, 15) is 0 Å². The topological polar surface area (TPSA) is 49.5 Å². The van der Waals surface area contributed by atoms with Crippen LogP contribution in [0.15, 0.2) is 18.2 Å². The van der Waals surface area contributed by atoms with E-state index in [2.05, 4.69) is 4.90 Å². The number of benzene rings is 1. The molecule has 0 atom stereocenters. The predicted octanol–water partition coefficient (Wildman–Crippen LogP) is 0.624. The van der Waals surface area contributed by atoms with Crippen LogP contribution in [0.25, 0.3) is 0 Å².